The van der Waals surface area contributed by atoms with Crippen LogP contribution in [0, 0.1) is 0 Å². The Balaban J connectivity index is 1.41. The van der Waals surface area contributed by atoms with Crippen LogP contribution in [0.1, 0.15) is 31.1 Å². The molecule has 3 rings (SSSR count). The van der Waals surface area contributed by atoms with E-state index in [-0.39, 0.29) is 5.91 Å². The summed E-state index contributed by atoms with van der Waals surface area (Å²) in [4.78, 5) is 15.7. The molecule has 1 saturated heterocycles. The van der Waals surface area contributed by atoms with Crippen molar-refractivity contribution in [3.8, 4) is 0 Å². The van der Waals surface area contributed by atoms with E-state index in [2.05, 4.69) is 40.0 Å². The van der Waals surface area contributed by atoms with E-state index in [4.69, 9.17) is 0 Å². The molecule has 1 N–H and O–H groups in total. The van der Waals surface area contributed by atoms with Crippen molar-refractivity contribution in [2.45, 2.75) is 43.0 Å². The average molecular weight is 383 g/mol. The highest BCUT2D eigenvalue weighted by Gasteiger charge is 2.23. The molecule has 1 unspecified atom stereocenters. The Labute approximate surface area is 154 Å². The maximum Gasteiger partial charge on any atom is 0.233 e. The second-order valence-electron chi connectivity index (χ2n) is 5.85. The van der Waals surface area contributed by atoms with Gasteiger partial charge in [0.25, 0.3) is 0 Å². The van der Waals surface area contributed by atoms with Gasteiger partial charge in [0, 0.05) is 24.0 Å². The molecule has 24 heavy (non-hydrogen) atoms. The second-order valence-corrected chi connectivity index (χ2v) is 9.08. The molecule has 0 aliphatic carbocycles. The number of amides is 1. The summed E-state index contributed by atoms with van der Waals surface area (Å²) in [6.45, 7) is 3.89. The zero-order valence-electron chi connectivity index (χ0n) is 13.7. The monoisotopic (exact) mass is 382 g/mol. The predicted octanol–water partition coefficient (Wildman–Crippen LogP) is 3.75. The molecular formula is C16H22N4OS3. The highest BCUT2D eigenvalue weighted by atomic mass is 32.2. The van der Waals surface area contributed by atoms with E-state index >= 15 is 0 Å². The number of thiophene rings is 1. The fraction of sp³-hybridized carbons (Fsp3) is 0.562. The Morgan fingerprint density at radius 3 is 3.17 bits per heavy atom. The van der Waals surface area contributed by atoms with Gasteiger partial charge in [-0.2, -0.15) is 0 Å². The van der Waals surface area contributed by atoms with Crippen molar-refractivity contribution in [2.75, 3.05) is 24.2 Å². The van der Waals surface area contributed by atoms with Crippen molar-refractivity contribution >= 4 is 45.5 Å². The first-order valence-electron chi connectivity index (χ1n) is 8.24. The van der Waals surface area contributed by atoms with Crippen LogP contribution >= 0.6 is 34.4 Å². The van der Waals surface area contributed by atoms with E-state index in [1.807, 2.05) is 4.90 Å². The molecule has 8 heteroatoms. The number of nitrogens with one attached hydrogen (secondary N) is 1. The summed E-state index contributed by atoms with van der Waals surface area (Å²) in [5, 5.41) is 14.5. The van der Waals surface area contributed by atoms with Crippen molar-refractivity contribution in [2.24, 2.45) is 0 Å². The molecule has 0 spiro atoms. The standard InChI is InChI=1S/C16H22N4OS3/c1-12-5-2-3-9-20(12)14(21)11-23-16-19-18-15(24-16)17-8-7-13-6-4-10-22-13/h4,6,10,12H,2-3,5,7-9,11H2,1H3,(H,17,18). The molecule has 0 aromatic carbocycles. The Kier molecular flexibility index (Phi) is 6.51. The summed E-state index contributed by atoms with van der Waals surface area (Å²) in [7, 11) is 0. The van der Waals surface area contributed by atoms with Crippen LogP contribution in [0.15, 0.2) is 21.9 Å². The number of hydrogen-bond donors (Lipinski definition) is 1. The Bertz CT molecular complexity index is 644. The van der Waals surface area contributed by atoms with Crippen LogP contribution in [-0.4, -0.2) is 45.9 Å². The minimum Gasteiger partial charge on any atom is -0.360 e. The summed E-state index contributed by atoms with van der Waals surface area (Å²) < 4.78 is 0.853. The third-order valence-electron chi connectivity index (χ3n) is 4.08. The fourth-order valence-electron chi connectivity index (χ4n) is 2.76. The van der Waals surface area contributed by atoms with E-state index in [9.17, 15) is 4.79 Å². The molecular weight excluding hydrogens is 360 g/mol. The lowest BCUT2D eigenvalue weighted by atomic mass is 10.0. The molecule has 2 aromatic heterocycles. The zero-order chi connectivity index (χ0) is 16.8. The maximum absolute atomic E-state index is 12.3. The van der Waals surface area contributed by atoms with Gasteiger partial charge in [0.1, 0.15) is 0 Å². The zero-order valence-corrected chi connectivity index (χ0v) is 16.2. The molecule has 1 atom stereocenters. The predicted molar refractivity (Wildman–Crippen MR) is 102 cm³/mol. The molecule has 0 saturated carbocycles. The number of likely N-dealkylation sites (tertiary alicyclic amines) is 1. The number of carbonyl (C=O) groups is 1. The van der Waals surface area contributed by atoms with E-state index in [1.165, 1.54) is 34.4 Å². The maximum atomic E-state index is 12.3. The van der Waals surface area contributed by atoms with Crippen LogP contribution < -0.4 is 5.32 Å². The third-order valence-corrected chi connectivity index (χ3v) is 7.01. The van der Waals surface area contributed by atoms with Gasteiger partial charge in [-0.1, -0.05) is 29.2 Å². The van der Waals surface area contributed by atoms with Gasteiger partial charge in [-0.15, -0.1) is 21.5 Å². The fourth-order valence-corrected chi connectivity index (χ4v) is 5.13. The summed E-state index contributed by atoms with van der Waals surface area (Å²) in [5.41, 5.74) is 0. The molecule has 1 aliphatic rings. The van der Waals surface area contributed by atoms with E-state index in [0.29, 0.717) is 11.8 Å². The highest BCUT2D eigenvalue weighted by Crippen LogP contribution is 2.26. The van der Waals surface area contributed by atoms with Gasteiger partial charge >= 0.3 is 0 Å². The lowest BCUT2D eigenvalue weighted by Crippen LogP contribution is -2.42. The number of carbonyl (C=O) groups excluding carboxylic acids is 1. The van der Waals surface area contributed by atoms with Crippen LogP contribution in [0.3, 0.4) is 0 Å². The van der Waals surface area contributed by atoms with Crippen LogP contribution in [0.5, 0.6) is 0 Å². The number of nitrogens with zero attached hydrogens (tertiary/aromatic N) is 3. The molecule has 0 bridgehead atoms. The Hall–Kier alpha value is -1.12. The average Bonchev–Trinajstić information content (AvgIpc) is 3.25. The minimum absolute atomic E-state index is 0.217. The van der Waals surface area contributed by atoms with Gasteiger partial charge in [-0.3, -0.25) is 4.79 Å². The van der Waals surface area contributed by atoms with Crippen LogP contribution in [0.2, 0.25) is 0 Å². The second kappa shape index (κ2) is 8.82. The molecule has 1 fully saturated rings. The van der Waals surface area contributed by atoms with Crippen LogP contribution in [-0.2, 0) is 11.2 Å². The molecule has 5 nitrogen and oxygen atoms in total. The molecule has 3 heterocycles. The Morgan fingerprint density at radius 1 is 1.46 bits per heavy atom. The first-order valence-corrected chi connectivity index (χ1v) is 10.9. The van der Waals surface area contributed by atoms with Gasteiger partial charge in [0.15, 0.2) is 4.34 Å². The van der Waals surface area contributed by atoms with Gasteiger partial charge < -0.3 is 10.2 Å². The van der Waals surface area contributed by atoms with Crippen LogP contribution in [0.4, 0.5) is 5.13 Å². The summed E-state index contributed by atoms with van der Waals surface area (Å²) in [6.07, 6.45) is 4.46. The number of thioether (sulfide) groups is 1. The molecule has 1 amide bonds. The topological polar surface area (TPSA) is 58.1 Å². The number of hydrogen-bond acceptors (Lipinski definition) is 7. The number of rotatable bonds is 7. The lowest BCUT2D eigenvalue weighted by Gasteiger charge is -2.33. The SMILES string of the molecule is CC1CCCCN1C(=O)CSc1nnc(NCCc2cccs2)s1. The first-order chi connectivity index (χ1) is 11.7. The van der Waals surface area contributed by atoms with E-state index in [0.717, 1.165) is 41.8 Å². The third kappa shape index (κ3) is 4.94. The van der Waals surface area contributed by atoms with E-state index in [1.54, 1.807) is 11.3 Å². The first kappa shape index (κ1) is 17.7. The number of piperidine rings is 1. The van der Waals surface area contributed by atoms with Crippen molar-refractivity contribution in [3.63, 3.8) is 0 Å². The van der Waals surface area contributed by atoms with Gasteiger partial charge in [-0.05, 0) is 44.1 Å². The molecule has 0 radical (unpaired) electrons. The lowest BCUT2D eigenvalue weighted by molar-refractivity contribution is -0.131. The molecule has 130 valence electrons. The normalized spacial score (nSPS) is 17.9. The summed E-state index contributed by atoms with van der Waals surface area (Å²) in [6, 6.07) is 4.58. The van der Waals surface area contributed by atoms with Crippen molar-refractivity contribution < 1.29 is 4.79 Å². The molecule has 1 aliphatic heterocycles. The van der Waals surface area contributed by atoms with Crippen molar-refractivity contribution in [1.29, 1.82) is 0 Å². The number of aromatic nitrogens is 2. The smallest absolute Gasteiger partial charge is 0.233 e. The molecule has 2 aromatic rings. The van der Waals surface area contributed by atoms with Gasteiger partial charge in [0.05, 0.1) is 5.75 Å². The summed E-state index contributed by atoms with van der Waals surface area (Å²) in [5.74, 6) is 0.670. The quantitative estimate of drug-likeness (QED) is 0.739. The summed E-state index contributed by atoms with van der Waals surface area (Å²) >= 11 is 4.78. The van der Waals surface area contributed by atoms with E-state index < -0.39 is 0 Å². The highest BCUT2D eigenvalue weighted by molar-refractivity contribution is 8.01. The minimum atomic E-state index is 0.217. The Morgan fingerprint density at radius 2 is 2.38 bits per heavy atom. The van der Waals surface area contributed by atoms with Gasteiger partial charge in [0.2, 0.25) is 11.0 Å². The number of anilines is 1. The van der Waals surface area contributed by atoms with Crippen LogP contribution in [0.25, 0.3) is 0 Å². The van der Waals surface area contributed by atoms with Crippen molar-refractivity contribution in [1.82, 2.24) is 15.1 Å². The van der Waals surface area contributed by atoms with Gasteiger partial charge in [-0.25, -0.2) is 0 Å². The largest absolute Gasteiger partial charge is 0.360 e. The van der Waals surface area contributed by atoms with Crippen molar-refractivity contribution in [3.05, 3.63) is 22.4 Å².